The topological polar surface area (TPSA) is 35.5 Å². The first-order valence-electron chi connectivity index (χ1n) is 5.90. The minimum atomic E-state index is -4.46. The van der Waals surface area contributed by atoms with Gasteiger partial charge in [-0.1, -0.05) is 23.7 Å². The molecule has 2 N–H and O–H groups in total. The number of halogens is 5. The van der Waals surface area contributed by atoms with Gasteiger partial charge in [0.25, 0.3) is 0 Å². The SMILES string of the molecule is Cl.Oc1c(Cl)cccc1[C@H](N1CCNCC1)C(F)(F)F. The lowest BCUT2D eigenvalue weighted by molar-refractivity contribution is -0.188. The third kappa shape index (κ3) is 3.69. The number of aromatic hydroxyl groups is 1. The van der Waals surface area contributed by atoms with Crippen molar-refractivity contribution >= 4 is 24.0 Å². The van der Waals surface area contributed by atoms with Gasteiger partial charge in [-0.3, -0.25) is 4.90 Å². The minimum absolute atomic E-state index is 0. The maximum Gasteiger partial charge on any atom is 0.408 e. The molecule has 1 fully saturated rings. The highest BCUT2D eigenvalue weighted by Gasteiger charge is 2.46. The van der Waals surface area contributed by atoms with Gasteiger partial charge >= 0.3 is 6.18 Å². The van der Waals surface area contributed by atoms with Crippen LogP contribution in [0, 0.1) is 0 Å². The molecule has 1 saturated heterocycles. The van der Waals surface area contributed by atoms with Crippen LogP contribution in [-0.4, -0.2) is 42.4 Å². The van der Waals surface area contributed by atoms with E-state index in [-0.39, 0.29) is 36.1 Å². The highest BCUT2D eigenvalue weighted by Crippen LogP contribution is 2.43. The van der Waals surface area contributed by atoms with Crippen LogP contribution in [0.4, 0.5) is 13.2 Å². The largest absolute Gasteiger partial charge is 0.506 e. The normalized spacial score (nSPS) is 18.4. The van der Waals surface area contributed by atoms with E-state index in [1.807, 2.05) is 0 Å². The van der Waals surface area contributed by atoms with Crippen molar-refractivity contribution in [2.75, 3.05) is 26.2 Å². The molecular weight excluding hydrogens is 316 g/mol. The van der Waals surface area contributed by atoms with Crippen LogP contribution in [0.1, 0.15) is 11.6 Å². The van der Waals surface area contributed by atoms with Gasteiger partial charge in [0, 0.05) is 31.7 Å². The lowest BCUT2D eigenvalue weighted by Gasteiger charge is -2.36. The molecule has 0 saturated carbocycles. The van der Waals surface area contributed by atoms with Gasteiger partial charge in [-0.15, -0.1) is 12.4 Å². The highest BCUT2D eigenvalue weighted by molar-refractivity contribution is 6.32. The average Bonchev–Trinajstić information content (AvgIpc) is 2.35. The smallest absolute Gasteiger partial charge is 0.408 e. The zero-order valence-electron chi connectivity index (χ0n) is 10.5. The van der Waals surface area contributed by atoms with Crippen molar-refractivity contribution < 1.29 is 18.3 Å². The number of hydrogen-bond donors (Lipinski definition) is 2. The van der Waals surface area contributed by atoms with E-state index >= 15 is 0 Å². The zero-order valence-corrected chi connectivity index (χ0v) is 12.0. The molecule has 1 atom stereocenters. The van der Waals surface area contributed by atoms with Crippen LogP contribution in [0.3, 0.4) is 0 Å². The lowest BCUT2D eigenvalue weighted by Crippen LogP contribution is -2.49. The molecule has 0 aromatic heterocycles. The third-order valence-electron chi connectivity index (χ3n) is 3.14. The number of nitrogens with zero attached hydrogens (tertiary/aromatic N) is 1. The summed E-state index contributed by atoms with van der Waals surface area (Å²) in [7, 11) is 0. The van der Waals surface area contributed by atoms with E-state index in [2.05, 4.69) is 5.32 Å². The van der Waals surface area contributed by atoms with Crippen LogP contribution < -0.4 is 5.32 Å². The van der Waals surface area contributed by atoms with E-state index < -0.39 is 18.0 Å². The number of nitrogens with one attached hydrogen (secondary N) is 1. The molecule has 0 bridgehead atoms. The Morgan fingerprint density at radius 3 is 2.40 bits per heavy atom. The number of alkyl halides is 3. The standard InChI is InChI=1S/C12H14ClF3N2O.ClH/c13-9-3-1-2-8(10(9)19)11(12(14,15)16)18-6-4-17-5-7-18;/h1-3,11,17,19H,4-7H2;1H/t11-;/m0./s1. The van der Waals surface area contributed by atoms with Gasteiger partial charge in [-0.2, -0.15) is 13.2 Å². The molecule has 1 aromatic carbocycles. The second-order valence-electron chi connectivity index (χ2n) is 4.41. The summed E-state index contributed by atoms with van der Waals surface area (Å²) in [5, 5.41) is 12.7. The summed E-state index contributed by atoms with van der Waals surface area (Å²) in [5.41, 5.74) is -0.193. The molecule has 0 amide bonds. The number of hydrogen-bond acceptors (Lipinski definition) is 3. The second kappa shape index (κ2) is 6.85. The maximum atomic E-state index is 13.3. The van der Waals surface area contributed by atoms with E-state index in [9.17, 15) is 18.3 Å². The molecule has 1 aliphatic heterocycles. The van der Waals surface area contributed by atoms with Crippen molar-refractivity contribution in [3.63, 3.8) is 0 Å². The van der Waals surface area contributed by atoms with E-state index in [4.69, 9.17) is 11.6 Å². The van der Waals surface area contributed by atoms with Gasteiger partial charge in [0.05, 0.1) is 5.02 Å². The number of phenols is 1. The summed E-state index contributed by atoms with van der Waals surface area (Å²) in [6, 6.07) is 2.22. The summed E-state index contributed by atoms with van der Waals surface area (Å²) < 4.78 is 39.9. The lowest BCUT2D eigenvalue weighted by atomic mass is 10.0. The van der Waals surface area contributed by atoms with Gasteiger partial charge < -0.3 is 10.4 Å². The van der Waals surface area contributed by atoms with Crippen molar-refractivity contribution in [2.45, 2.75) is 12.2 Å². The minimum Gasteiger partial charge on any atom is -0.506 e. The molecule has 0 spiro atoms. The first-order chi connectivity index (χ1) is 8.91. The molecule has 0 unspecified atom stereocenters. The molecule has 0 radical (unpaired) electrons. The van der Waals surface area contributed by atoms with Crippen LogP contribution in [0.2, 0.25) is 5.02 Å². The molecule has 20 heavy (non-hydrogen) atoms. The number of rotatable bonds is 2. The highest BCUT2D eigenvalue weighted by atomic mass is 35.5. The maximum absolute atomic E-state index is 13.3. The van der Waals surface area contributed by atoms with Gasteiger partial charge in [-0.25, -0.2) is 0 Å². The van der Waals surface area contributed by atoms with Gasteiger partial charge in [0.2, 0.25) is 0 Å². The summed E-state index contributed by atoms with van der Waals surface area (Å²) in [4.78, 5) is 1.31. The predicted octanol–water partition coefficient (Wildman–Crippen LogP) is 2.98. The van der Waals surface area contributed by atoms with E-state index in [0.29, 0.717) is 13.1 Å². The number of para-hydroxylation sites is 1. The molecule has 2 rings (SSSR count). The first kappa shape index (κ1) is 17.4. The fraction of sp³-hybridized carbons (Fsp3) is 0.500. The molecule has 0 aliphatic carbocycles. The van der Waals surface area contributed by atoms with Crippen molar-refractivity contribution in [1.29, 1.82) is 0 Å². The molecule has 1 aliphatic rings. The Morgan fingerprint density at radius 2 is 1.85 bits per heavy atom. The summed E-state index contributed by atoms with van der Waals surface area (Å²) >= 11 is 5.70. The Kier molecular flexibility index (Phi) is 5.94. The number of piperazine rings is 1. The van der Waals surface area contributed by atoms with Crippen molar-refractivity contribution in [3.8, 4) is 5.75 Å². The van der Waals surface area contributed by atoms with Crippen LogP contribution in [0.25, 0.3) is 0 Å². The predicted molar refractivity (Wildman–Crippen MR) is 73.6 cm³/mol. The van der Waals surface area contributed by atoms with E-state index in [0.717, 1.165) is 0 Å². The quantitative estimate of drug-likeness (QED) is 0.875. The molecule has 1 aromatic rings. The van der Waals surface area contributed by atoms with Crippen LogP contribution in [0.15, 0.2) is 18.2 Å². The Hall–Kier alpha value is -0.690. The monoisotopic (exact) mass is 330 g/mol. The summed E-state index contributed by atoms with van der Waals surface area (Å²) in [6.07, 6.45) is -4.46. The number of phenolic OH excluding ortho intramolecular Hbond substituents is 1. The van der Waals surface area contributed by atoms with Crippen LogP contribution in [-0.2, 0) is 0 Å². The van der Waals surface area contributed by atoms with Gasteiger partial charge in [0.15, 0.2) is 0 Å². The molecule has 8 heteroatoms. The third-order valence-corrected chi connectivity index (χ3v) is 3.44. The summed E-state index contributed by atoms with van der Waals surface area (Å²) in [5.74, 6) is -0.495. The fourth-order valence-corrected chi connectivity index (χ4v) is 2.45. The Bertz CT molecular complexity index is 451. The Balaban J connectivity index is 0.00000200. The van der Waals surface area contributed by atoms with E-state index in [1.54, 1.807) is 0 Å². The van der Waals surface area contributed by atoms with Gasteiger partial charge in [-0.05, 0) is 6.07 Å². The first-order valence-corrected chi connectivity index (χ1v) is 6.28. The molecule has 114 valence electrons. The van der Waals surface area contributed by atoms with Crippen molar-refractivity contribution in [3.05, 3.63) is 28.8 Å². The van der Waals surface area contributed by atoms with Crippen molar-refractivity contribution in [1.82, 2.24) is 10.2 Å². The van der Waals surface area contributed by atoms with Crippen molar-refractivity contribution in [2.24, 2.45) is 0 Å². The number of benzene rings is 1. The van der Waals surface area contributed by atoms with E-state index in [1.165, 1.54) is 23.1 Å². The molecular formula is C12H15Cl2F3N2O. The zero-order chi connectivity index (χ0) is 14.0. The fourth-order valence-electron chi connectivity index (χ4n) is 2.27. The average molecular weight is 331 g/mol. The van der Waals surface area contributed by atoms with Crippen LogP contribution >= 0.6 is 24.0 Å². The second-order valence-corrected chi connectivity index (χ2v) is 4.81. The van der Waals surface area contributed by atoms with Gasteiger partial charge in [0.1, 0.15) is 11.8 Å². The summed E-state index contributed by atoms with van der Waals surface area (Å²) in [6.45, 7) is 1.54. The Labute approximate surface area is 126 Å². The Morgan fingerprint density at radius 1 is 1.25 bits per heavy atom. The van der Waals surface area contributed by atoms with Crippen LogP contribution in [0.5, 0.6) is 5.75 Å². The molecule has 1 heterocycles. The molecule has 3 nitrogen and oxygen atoms in total.